The molecule has 0 saturated heterocycles. The summed E-state index contributed by atoms with van der Waals surface area (Å²) >= 11 is 0. The highest BCUT2D eigenvalue weighted by Gasteiger charge is 2.03. The highest BCUT2D eigenvalue weighted by atomic mass is 14.7. The summed E-state index contributed by atoms with van der Waals surface area (Å²) in [6, 6.07) is 5.99. The third kappa shape index (κ3) is 1.51. The van der Waals surface area contributed by atoms with Crippen LogP contribution in [0.25, 0.3) is 11.3 Å². The van der Waals surface area contributed by atoms with Crippen molar-refractivity contribution in [1.82, 2.24) is 9.97 Å². The molecule has 0 fully saturated rings. The van der Waals surface area contributed by atoms with E-state index in [0.29, 0.717) is 0 Å². The summed E-state index contributed by atoms with van der Waals surface area (Å²) in [6.45, 7) is 4.19. The van der Waals surface area contributed by atoms with Gasteiger partial charge < -0.3 is 0 Å². The maximum atomic E-state index is 4.38. The predicted octanol–water partition coefficient (Wildman–Crippen LogP) is 2.76. The number of aromatic nitrogens is 2. The van der Waals surface area contributed by atoms with Crippen molar-refractivity contribution in [2.24, 2.45) is 0 Å². The Kier molecular flexibility index (Phi) is 2.27. The molecule has 2 heteroatoms. The second-order valence-corrected chi connectivity index (χ2v) is 3.34. The number of hydrogen-bond acceptors (Lipinski definition) is 2. The maximum Gasteiger partial charge on any atom is 0.0734 e. The summed E-state index contributed by atoms with van der Waals surface area (Å²) in [4.78, 5) is 8.38. The molecule has 0 N–H and O–H groups in total. The number of nitrogens with zero attached hydrogens (tertiary/aromatic N) is 2. The van der Waals surface area contributed by atoms with Crippen LogP contribution in [-0.4, -0.2) is 9.97 Å². The van der Waals surface area contributed by atoms with Crippen LogP contribution >= 0.6 is 0 Å². The fraction of sp³-hybridized carbons (Fsp3) is 0.167. The van der Waals surface area contributed by atoms with Crippen molar-refractivity contribution in [2.45, 2.75) is 13.8 Å². The maximum absolute atomic E-state index is 4.38. The summed E-state index contributed by atoms with van der Waals surface area (Å²) in [5, 5.41) is 0. The van der Waals surface area contributed by atoms with Crippen LogP contribution < -0.4 is 0 Å². The highest BCUT2D eigenvalue weighted by molar-refractivity contribution is 5.63. The molecule has 0 saturated carbocycles. The van der Waals surface area contributed by atoms with Crippen LogP contribution in [0.3, 0.4) is 0 Å². The SMILES string of the molecule is Cc1ccnc(-c2ccncc2)c1C. The number of pyridine rings is 2. The van der Waals surface area contributed by atoms with E-state index in [1.165, 1.54) is 11.1 Å². The van der Waals surface area contributed by atoms with E-state index in [4.69, 9.17) is 0 Å². The average Bonchev–Trinajstić information content (AvgIpc) is 2.23. The van der Waals surface area contributed by atoms with Gasteiger partial charge in [0, 0.05) is 24.2 Å². The lowest BCUT2D eigenvalue weighted by Gasteiger charge is -2.06. The van der Waals surface area contributed by atoms with Crippen LogP contribution in [0.4, 0.5) is 0 Å². The Morgan fingerprint density at radius 3 is 2.36 bits per heavy atom. The van der Waals surface area contributed by atoms with Crippen LogP contribution in [-0.2, 0) is 0 Å². The van der Waals surface area contributed by atoms with Crippen molar-refractivity contribution in [3.63, 3.8) is 0 Å². The first kappa shape index (κ1) is 8.88. The fourth-order valence-corrected chi connectivity index (χ4v) is 1.43. The van der Waals surface area contributed by atoms with Crippen LogP contribution in [0, 0.1) is 13.8 Å². The summed E-state index contributed by atoms with van der Waals surface area (Å²) in [5.74, 6) is 0. The zero-order valence-electron chi connectivity index (χ0n) is 8.36. The van der Waals surface area contributed by atoms with Gasteiger partial charge in [-0.3, -0.25) is 9.97 Å². The third-order valence-corrected chi connectivity index (χ3v) is 2.43. The van der Waals surface area contributed by atoms with E-state index in [2.05, 4.69) is 23.8 Å². The molecule has 0 bridgehead atoms. The van der Waals surface area contributed by atoms with Crippen molar-refractivity contribution in [1.29, 1.82) is 0 Å². The molecule has 0 radical (unpaired) electrons. The molecule has 0 amide bonds. The van der Waals surface area contributed by atoms with Gasteiger partial charge in [0.25, 0.3) is 0 Å². The molecule has 0 spiro atoms. The minimum absolute atomic E-state index is 1.05. The van der Waals surface area contributed by atoms with E-state index in [-0.39, 0.29) is 0 Å². The predicted molar refractivity (Wildman–Crippen MR) is 56.9 cm³/mol. The molecule has 14 heavy (non-hydrogen) atoms. The fourth-order valence-electron chi connectivity index (χ4n) is 1.43. The van der Waals surface area contributed by atoms with E-state index >= 15 is 0 Å². The van der Waals surface area contributed by atoms with Gasteiger partial charge in [0.05, 0.1) is 5.69 Å². The monoisotopic (exact) mass is 184 g/mol. The quantitative estimate of drug-likeness (QED) is 0.681. The molecule has 0 unspecified atom stereocenters. The van der Waals surface area contributed by atoms with Gasteiger partial charge in [-0.25, -0.2) is 0 Å². The molecular weight excluding hydrogens is 172 g/mol. The Morgan fingerprint density at radius 2 is 1.64 bits per heavy atom. The molecular formula is C12H12N2. The average molecular weight is 184 g/mol. The molecule has 2 aromatic rings. The molecule has 70 valence electrons. The van der Waals surface area contributed by atoms with E-state index in [1.807, 2.05) is 24.4 Å². The second-order valence-electron chi connectivity index (χ2n) is 3.34. The number of hydrogen-bond donors (Lipinski definition) is 0. The summed E-state index contributed by atoms with van der Waals surface area (Å²) < 4.78 is 0. The van der Waals surface area contributed by atoms with Crippen LogP contribution in [0.2, 0.25) is 0 Å². The van der Waals surface area contributed by atoms with Gasteiger partial charge >= 0.3 is 0 Å². The lowest BCUT2D eigenvalue weighted by Crippen LogP contribution is -1.90. The Balaban J connectivity index is 2.58. The van der Waals surface area contributed by atoms with E-state index in [1.54, 1.807) is 12.4 Å². The van der Waals surface area contributed by atoms with Gasteiger partial charge in [-0.1, -0.05) is 0 Å². The summed E-state index contributed by atoms with van der Waals surface area (Å²) in [7, 11) is 0. The molecule has 0 aromatic carbocycles. The zero-order chi connectivity index (χ0) is 9.97. The van der Waals surface area contributed by atoms with E-state index < -0.39 is 0 Å². The first-order valence-corrected chi connectivity index (χ1v) is 4.61. The van der Waals surface area contributed by atoms with Crippen LogP contribution in [0.1, 0.15) is 11.1 Å². The van der Waals surface area contributed by atoms with Gasteiger partial charge in [0.1, 0.15) is 0 Å². The molecule has 0 aliphatic rings. The van der Waals surface area contributed by atoms with Gasteiger partial charge in [-0.15, -0.1) is 0 Å². The van der Waals surface area contributed by atoms with Gasteiger partial charge in [-0.05, 0) is 43.2 Å². The number of rotatable bonds is 1. The second kappa shape index (κ2) is 3.58. The van der Waals surface area contributed by atoms with E-state index in [9.17, 15) is 0 Å². The Hall–Kier alpha value is -1.70. The van der Waals surface area contributed by atoms with Gasteiger partial charge in [0.2, 0.25) is 0 Å². The van der Waals surface area contributed by atoms with Crippen molar-refractivity contribution in [3.05, 3.63) is 47.9 Å². The van der Waals surface area contributed by atoms with Gasteiger partial charge in [0.15, 0.2) is 0 Å². The first-order chi connectivity index (χ1) is 6.79. The topological polar surface area (TPSA) is 25.8 Å². The molecule has 0 atom stereocenters. The molecule has 2 aromatic heterocycles. The first-order valence-electron chi connectivity index (χ1n) is 4.61. The van der Waals surface area contributed by atoms with Gasteiger partial charge in [-0.2, -0.15) is 0 Å². The summed E-state index contributed by atoms with van der Waals surface area (Å²) in [5.41, 5.74) is 4.68. The summed E-state index contributed by atoms with van der Waals surface area (Å²) in [6.07, 6.45) is 5.43. The minimum atomic E-state index is 1.05. The lowest BCUT2D eigenvalue weighted by atomic mass is 10.0. The smallest absolute Gasteiger partial charge is 0.0734 e. The van der Waals surface area contributed by atoms with Crippen molar-refractivity contribution >= 4 is 0 Å². The normalized spacial score (nSPS) is 10.1. The Labute approximate surface area is 83.7 Å². The van der Waals surface area contributed by atoms with Crippen molar-refractivity contribution in [3.8, 4) is 11.3 Å². The molecule has 2 rings (SSSR count). The lowest BCUT2D eigenvalue weighted by molar-refractivity contribution is 1.21. The van der Waals surface area contributed by atoms with Crippen molar-refractivity contribution in [2.75, 3.05) is 0 Å². The number of aryl methyl sites for hydroxylation is 1. The Morgan fingerprint density at radius 1 is 0.929 bits per heavy atom. The minimum Gasteiger partial charge on any atom is -0.265 e. The third-order valence-electron chi connectivity index (χ3n) is 2.43. The standard InChI is InChI=1S/C12H12N2/c1-9-3-8-14-12(10(9)2)11-4-6-13-7-5-11/h3-8H,1-2H3. The zero-order valence-corrected chi connectivity index (χ0v) is 8.36. The highest BCUT2D eigenvalue weighted by Crippen LogP contribution is 2.21. The Bertz CT molecular complexity index is 435. The molecule has 2 nitrogen and oxygen atoms in total. The van der Waals surface area contributed by atoms with Crippen LogP contribution in [0.15, 0.2) is 36.8 Å². The van der Waals surface area contributed by atoms with E-state index in [0.717, 1.165) is 11.3 Å². The molecule has 2 heterocycles. The molecule has 0 aliphatic carbocycles. The largest absolute Gasteiger partial charge is 0.265 e. The van der Waals surface area contributed by atoms with Crippen molar-refractivity contribution < 1.29 is 0 Å². The molecule has 0 aliphatic heterocycles. The van der Waals surface area contributed by atoms with Crippen LogP contribution in [0.5, 0.6) is 0 Å².